The number of pyridine rings is 2. The smallest absolute Gasteiger partial charge is 0.407 e. The van der Waals surface area contributed by atoms with Crippen molar-refractivity contribution < 1.29 is 9.90 Å². The van der Waals surface area contributed by atoms with Crippen molar-refractivity contribution in [2.24, 2.45) is 0 Å². The third kappa shape index (κ3) is 4.35. The second-order valence-electron chi connectivity index (χ2n) is 6.55. The molecule has 0 bridgehead atoms. The Hall–Kier alpha value is -2.71. The van der Waals surface area contributed by atoms with Gasteiger partial charge in [0.05, 0.1) is 29.6 Å². The SMILES string of the molecule is Cc1cc(-n2ncc3cc(Cl)nc(CN(CCN(C)C)C(=O)O)c32)ccn1. The van der Waals surface area contributed by atoms with Gasteiger partial charge in [0.1, 0.15) is 5.15 Å². The molecule has 0 atom stereocenters. The van der Waals surface area contributed by atoms with Gasteiger partial charge in [-0.1, -0.05) is 11.6 Å². The fraction of sp³-hybridized carbons (Fsp3) is 0.333. The number of nitrogens with zero attached hydrogens (tertiary/aromatic N) is 6. The van der Waals surface area contributed by atoms with Crippen LogP contribution in [0.5, 0.6) is 0 Å². The zero-order valence-electron chi connectivity index (χ0n) is 15.4. The highest BCUT2D eigenvalue weighted by atomic mass is 35.5. The van der Waals surface area contributed by atoms with Crippen molar-refractivity contribution in [1.29, 1.82) is 0 Å². The monoisotopic (exact) mass is 388 g/mol. The Labute approximate surface area is 162 Å². The van der Waals surface area contributed by atoms with Crippen molar-refractivity contribution in [3.63, 3.8) is 0 Å². The first-order valence-corrected chi connectivity index (χ1v) is 8.81. The summed E-state index contributed by atoms with van der Waals surface area (Å²) in [5.74, 6) is 0. The van der Waals surface area contributed by atoms with Crippen LogP contribution in [-0.2, 0) is 6.54 Å². The lowest BCUT2D eigenvalue weighted by Gasteiger charge is -2.21. The van der Waals surface area contributed by atoms with E-state index in [4.69, 9.17) is 11.6 Å². The van der Waals surface area contributed by atoms with Crippen LogP contribution in [-0.4, -0.2) is 67.9 Å². The van der Waals surface area contributed by atoms with Crippen LogP contribution in [0, 0.1) is 6.92 Å². The third-order valence-electron chi connectivity index (χ3n) is 4.14. The zero-order chi connectivity index (χ0) is 19.6. The first-order valence-electron chi connectivity index (χ1n) is 8.44. The maximum Gasteiger partial charge on any atom is 0.407 e. The molecule has 0 radical (unpaired) electrons. The summed E-state index contributed by atoms with van der Waals surface area (Å²) >= 11 is 6.16. The Morgan fingerprint density at radius 3 is 2.74 bits per heavy atom. The Morgan fingerprint density at radius 2 is 2.07 bits per heavy atom. The minimum Gasteiger partial charge on any atom is -0.465 e. The van der Waals surface area contributed by atoms with Crippen molar-refractivity contribution >= 4 is 28.6 Å². The summed E-state index contributed by atoms with van der Waals surface area (Å²) in [4.78, 5) is 23.6. The van der Waals surface area contributed by atoms with Gasteiger partial charge in [-0.15, -0.1) is 0 Å². The van der Waals surface area contributed by atoms with Crippen molar-refractivity contribution in [1.82, 2.24) is 29.5 Å². The maximum absolute atomic E-state index is 11.7. The second kappa shape index (κ2) is 7.89. The molecule has 3 aromatic rings. The van der Waals surface area contributed by atoms with E-state index >= 15 is 0 Å². The quantitative estimate of drug-likeness (QED) is 0.653. The minimum absolute atomic E-state index is 0.121. The van der Waals surface area contributed by atoms with Crippen molar-refractivity contribution in [3.05, 3.63) is 47.1 Å². The number of carbonyl (C=O) groups is 1. The first-order chi connectivity index (χ1) is 12.8. The first kappa shape index (κ1) is 19.1. The fourth-order valence-corrected chi connectivity index (χ4v) is 3.03. The molecule has 0 aromatic carbocycles. The minimum atomic E-state index is -1.00. The Balaban J connectivity index is 2.06. The number of hydrogen-bond donors (Lipinski definition) is 1. The van der Waals surface area contributed by atoms with Gasteiger partial charge in [0.25, 0.3) is 0 Å². The van der Waals surface area contributed by atoms with E-state index in [1.807, 2.05) is 38.1 Å². The van der Waals surface area contributed by atoms with Gasteiger partial charge in [-0.2, -0.15) is 5.10 Å². The molecular weight excluding hydrogens is 368 g/mol. The van der Waals surface area contributed by atoms with Crippen molar-refractivity contribution in [3.8, 4) is 5.69 Å². The highest BCUT2D eigenvalue weighted by Gasteiger charge is 2.19. The molecule has 0 saturated carbocycles. The predicted octanol–water partition coefficient (Wildman–Crippen LogP) is 2.82. The molecular formula is C18H21ClN6O2. The summed E-state index contributed by atoms with van der Waals surface area (Å²) in [6.07, 6.45) is 2.41. The summed E-state index contributed by atoms with van der Waals surface area (Å²) in [5.41, 5.74) is 2.99. The van der Waals surface area contributed by atoms with E-state index < -0.39 is 6.09 Å². The molecule has 0 unspecified atom stereocenters. The number of aromatic nitrogens is 4. The molecule has 27 heavy (non-hydrogen) atoms. The summed E-state index contributed by atoms with van der Waals surface area (Å²) < 4.78 is 1.74. The molecule has 0 spiro atoms. The van der Waals surface area contributed by atoms with Crippen LogP contribution >= 0.6 is 11.6 Å². The molecule has 0 aliphatic rings. The lowest BCUT2D eigenvalue weighted by Crippen LogP contribution is -2.35. The number of likely N-dealkylation sites (N-methyl/N-ethyl adjacent to an activating group) is 1. The Morgan fingerprint density at radius 1 is 1.30 bits per heavy atom. The Bertz CT molecular complexity index is 972. The summed E-state index contributed by atoms with van der Waals surface area (Å²) in [5, 5.41) is 15.1. The van der Waals surface area contributed by atoms with E-state index in [1.54, 1.807) is 23.1 Å². The summed E-state index contributed by atoms with van der Waals surface area (Å²) in [6.45, 7) is 2.99. The van der Waals surface area contributed by atoms with Crippen LogP contribution in [0.25, 0.3) is 16.6 Å². The van der Waals surface area contributed by atoms with Gasteiger partial charge in [0.2, 0.25) is 0 Å². The highest BCUT2D eigenvalue weighted by molar-refractivity contribution is 6.30. The lowest BCUT2D eigenvalue weighted by molar-refractivity contribution is 0.137. The van der Waals surface area contributed by atoms with E-state index in [1.165, 1.54) is 4.90 Å². The number of rotatable bonds is 6. The molecule has 1 N–H and O–H groups in total. The number of hydrogen-bond acceptors (Lipinski definition) is 5. The number of aryl methyl sites for hydroxylation is 1. The number of fused-ring (bicyclic) bond motifs is 1. The van der Waals surface area contributed by atoms with Crippen LogP contribution < -0.4 is 0 Å². The van der Waals surface area contributed by atoms with Gasteiger partial charge in [-0.3, -0.25) is 4.98 Å². The molecule has 142 valence electrons. The molecule has 9 heteroatoms. The molecule has 1 amide bonds. The average molecular weight is 389 g/mol. The Kier molecular flexibility index (Phi) is 5.57. The zero-order valence-corrected chi connectivity index (χ0v) is 16.2. The topological polar surface area (TPSA) is 87.4 Å². The van der Waals surface area contributed by atoms with Gasteiger partial charge >= 0.3 is 6.09 Å². The molecule has 8 nitrogen and oxygen atoms in total. The maximum atomic E-state index is 11.7. The van der Waals surface area contributed by atoms with Gasteiger partial charge in [0, 0.05) is 30.4 Å². The average Bonchev–Trinajstić information content (AvgIpc) is 3.01. The molecule has 0 aliphatic carbocycles. The van der Waals surface area contributed by atoms with E-state index in [9.17, 15) is 9.90 Å². The van der Waals surface area contributed by atoms with Gasteiger partial charge in [-0.05, 0) is 39.2 Å². The van der Waals surface area contributed by atoms with Gasteiger partial charge < -0.3 is 14.9 Å². The second-order valence-corrected chi connectivity index (χ2v) is 6.94. The number of amides is 1. The lowest BCUT2D eigenvalue weighted by atomic mass is 10.2. The molecule has 3 heterocycles. The van der Waals surface area contributed by atoms with Gasteiger partial charge in [-0.25, -0.2) is 14.5 Å². The molecule has 3 aromatic heterocycles. The standard InChI is InChI=1S/C18H21ClN6O2/c1-12-8-14(4-5-20-12)25-17-13(10-21-25)9-16(19)22-15(17)11-24(18(26)27)7-6-23(2)3/h4-5,8-10H,6-7,11H2,1-3H3,(H,26,27). The van der Waals surface area contributed by atoms with Crippen LogP contribution in [0.15, 0.2) is 30.6 Å². The van der Waals surface area contributed by atoms with Crippen LogP contribution in [0.1, 0.15) is 11.4 Å². The molecule has 0 saturated heterocycles. The van der Waals surface area contributed by atoms with Crippen LogP contribution in [0.4, 0.5) is 4.79 Å². The largest absolute Gasteiger partial charge is 0.465 e. The molecule has 3 rings (SSSR count). The van der Waals surface area contributed by atoms with E-state index in [-0.39, 0.29) is 6.54 Å². The third-order valence-corrected chi connectivity index (χ3v) is 4.33. The van der Waals surface area contributed by atoms with Gasteiger partial charge in [0.15, 0.2) is 0 Å². The normalized spacial score (nSPS) is 11.3. The predicted molar refractivity (Wildman–Crippen MR) is 103 cm³/mol. The summed E-state index contributed by atoms with van der Waals surface area (Å²) in [7, 11) is 3.80. The van der Waals surface area contributed by atoms with Crippen LogP contribution in [0.2, 0.25) is 5.15 Å². The summed E-state index contributed by atoms with van der Waals surface area (Å²) in [6, 6.07) is 5.48. The van der Waals surface area contributed by atoms with Crippen molar-refractivity contribution in [2.45, 2.75) is 13.5 Å². The van der Waals surface area contributed by atoms with Crippen molar-refractivity contribution in [2.75, 3.05) is 27.2 Å². The highest BCUT2D eigenvalue weighted by Crippen LogP contribution is 2.25. The molecule has 0 aliphatic heterocycles. The van der Waals surface area contributed by atoms with E-state index in [2.05, 4.69) is 15.1 Å². The van der Waals surface area contributed by atoms with E-state index in [0.717, 1.165) is 22.3 Å². The fourth-order valence-electron chi connectivity index (χ4n) is 2.81. The van der Waals surface area contributed by atoms with Crippen LogP contribution in [0.3, 0.4) is 0 Å². The van der Waals surface area contributed by atoms with E-state index in [0.29, 0.717) is 23.9 Å². The number of carboxylic acid groups (broad SMARTS) is 1. The molecule has 0 fully saturated rings. The number of halogens is 1.